The van der Waals surface area contributed by atoms with Crippen LogP contribution < -0.4 is 0 Å². The van der Waals surface area contributed by atoms with Crippen LogP contribution in [0, 0.1) is 0 Å². The van der Waals surface area contributed by atoms with Gasteiger partial charge in [0.2, 0.25) is 0 Å². The van der Waals surface area contributed by atoms with Crippen molar-refractivity contribution in [2.45, 2.75) is 32.7 Å². The number of esters is 2. The topological polar surface area (TPSA) is 79.7 Å². The van der Waals surface area contributed by atoms with Gasteiger partial charge in [-0.15, -0.1) is 0 Å². The summed E-state index contributed by atoms with van der Waals surface area (Å²) in [4.78, 5) is 22.5. The summed E-state index contributed by atoms with van der Waals surface area (Å²) in [5.41, 5.74) is 2.35. The van der Waals surface area contributed by atoms with Gasteiger partial charge in [0.1, 0.15) is 18.4 Å². The summed E-state index contributed by atoms with van der Waals surface area (Å²) in [6.07, 6.45) is 0.559. The smallest absolute Gasteiger partial charge is 0.303 e. The molecule has 2 atom stereocenters. The van der Waals surface area contributed by atoms with Gasteiger partial charge in [0.05, 0.1) is 12.3 Å². The first kappa shape index (κ1) is 16.2. The van der Waals surface area contributed by atoms with Crippen LogP contribution in [0.1, 0.15) is 31.2 Å². The number of carbonyl (C=O) groups excluding carboxylic acids is 2. The SMILES string of the molecule is CC(=O)OC[C@H]1OCc2cn(-c3ccccc3)nc2[C@H]1OC(C)=O. The van der Waals surface area contributed by atoms with E-state index in [-0.39, 0.29) is 6.61 Å². The van der Waals surface area contributed by atoms with Crippen LogP contribution in [0.5, 0.6) is 0 Å². The Kier molecular flexibility index (Phi) is 4.61. The van der Waals surface area contributed by atoms with Crippen LogP contribution in [-0.2, 0) is 30.4 Å². The second-order valence-corrected chi connectivity index (χ2v) is 5.50. The molecule has 0 saturated heterocycles. The number of para-hydroxylation sites is 1. The summed E-state index contributed by atoms with van der Waals surface area (Å²) in [6, 6.07) is 9.61. The van der Waals surface area contributed by atoms with Crippen molar-refractivity contribution in [1.29, 1.82) is 0 Å². The number of carbonyl (C=O) groups is 2. The highest BCUT2D eigenvalue weighted by molar-refractivity contribution is 5.67. The minimum atomic E-state index is -0.712. The highest BCUT2D eigenvalue weighted by Gasteiger charge is 2.36. The van der Waals surface area contributed by atoms with Gasteiger partial charge in [0, 0.05) is 25.6 Å². The average molecular weight is 330 g/mol. The van der Waals surface area contributed by atoms with E-state index in [1.54, 1.807) is 4.68 Å². The number of ether oxygens (including phenoxy) is 3. The number of fused-ring (bicyclic) bond motifs is 1. The Balaban J connectivity index is 1.90. The van der Waals surface area contributed by atoms with Gasteiger partial charge in [0.25, 0.3) is 0 Å². The van der Waals surface area contributed by atoms with Gasteiger partial charge in [-0.1, -0.05) is 18.2 Å². The van der Waals surface area contributed by atoms with Gasteiger partial charge >= 0.3 is 11.9 Å². The zero-order valence-electron chi connectivity index (χ0n) is 13.5. The van der Waals surface area contributed by atoms with Crippen LogP contribution in [0.25, 0.3) is 5.69 Å². The standard InChI is InChI=1S/C17H18N2O5/c1-11(20)22-10-15-17(24-12(2)21)16-13(9-23-15)8-19(18-16)14-6-4-3-5-7-14/h3-8,15,17H,9-10H2,1-2H3/t15-,17+/m1/s1. The van der Waals surface area contributed by atoms with Crippen molar-refractivity contribution in [2.75, 3.05) is 6.61 Å². The number of benzene rings is 1. The average Bonchev–Trinajstić information content (AvgIpc) is 2.99. The van der Waals surface area contributed by atoms with E-state index < -0.39 is 24.1 Å². The summed E-state index contributed by atoms with van der Waals surface area (Å²) < 4.78 is 17.8. The summed E-state index contributed by atoms with van der Waals surface area (Å²) in [5.74, 6) is -0.862. The van der Waals surface area contributed by atoms with Crippen molar-refractivity contribution >= 4 is 11.9 Å². The number of hydrogen-bond donors (Lipinski definition) is 0. The first-order valence-corrected chi connectivity index (χ1v) is 7.60. The van der Waals surface area contributed by atoms with E-state index in [1.807, 2.05) is 36.5 Å². The molecule has 7 nitrogen and oxygen atoms in total. The third kappa shape index (κ3) is 3.46. The lowest BCUT2D eigenvalue weighted by atomic mass is 10.0. The molecule has 24 heavy (non-hydrogen) atoms. The van der Waals surface area contributed by atoms with E-state index in [4.69, 9.17) is 14.2 Å². The molecule has 1 aromatic heterocycles. The summed E-state index contributed by atoms with van der Waals surface area (Å²) in [7, 11) is 0. The molecule has 0 N–H and O–H groups in total. The van der Waals surface area contributed by atoms with Crippen molar-refractivity contribution in [3.63, 3.8) is 0 Å². The van der Waals surface area contributed by atoms with Gasteiger partial charge in [0.15, 0.2) is 6.10 Å². The van der Waals surface area contributed by atoms with E-state index >= 15 is 0 Å². The molecule has 0 fully saturated rings. The minimum Gasteiger partial charge on any atom is -0.463 e. The van der Waals surface area contributed by atoms with E-state index in [0.717, 1.165) is 11.3 Å². The number of aromatic nitrogens is 2. The lowest BCUT2D eigenvalue weighted by Crippen LogP contribution is -2.35. The van der Waals surface area contributed by atoms with Gasteiger partial charge < -0.3 is 14.2 Å². The molecular weight excluding hydrogens is 312 g/mol. The molecule has 0 bridgehead atoms. The van der Waals surface area contributed by atoms with Crippen molar-refractivity contribution in [3.8, 4) is 5.69 Å². The van der Waals surface area contributed by atoms with Crippen molar-refractivity contribution in [3.05, 3.63) is 47.8 Å². The molecule has 1 aliphatic rings. The molecule has 2 aromatic rings. The minimum absolute atomic E-state index is 0.00488. The van der Waals surface area contributed by atoms with Gasteiger partial charge in [-0.3, -0.25) is 9.59 Å². The van der Waals surface area contributed by atoms with Gasteiger partial charge in [-0.05, 0) is 12.1 Å². The molecule has 0 unspecified atom stereocenters. The van der Waals surface area contributed by atoms with E-state index in [9.17, 15) is 9.59 Å². The molecule has 7 heteroatoms. The van der Waals surface area contributed by atoms with E-state index in [1.165, 1.54) is 13.8 Å². The molecule has 1 aromatic carbocycles. The normalized spacial score (nSPS) is 19.4. The van der Waals surface area contributed by atoms with Gasteiger partial charge in [-0.2, -0.15) is 5.10 Å². The van der Waals surface area contributed by atoms with Crippen molar-refractivity contribution in [2.24, 2.45) is 0 Å². The van der Waals surface area contributed by atoms with Crippen molar-refractivity contribution in [1.82, 2.24) is 9.78 Å². The summed E-state index contributed by atoms with van der Waals surface area (Å²) in [5, 5.41) is 4.55. The zero-order chi connectivity index (χ0) is 17.1. The fraction of sp³-hybridized carbons (Fsp3) is 0.353. The maximum Gasteiger partial charge on any atom is 0.303 e. The highest BCUT2D eigenvalue weighted by Crippen LogP contribution is 2.32. The molecule has 2 heterocycles. The Bertz CT molecular complexity index is 741. The third-order valence-corrected chi connectivity index (χ3v) is 3.65. The van der Waals surface area contributed by atoms with E-state index in [0.29, 0.717) is 12.3 Å². The molecular formula is C17H18N2O5. The lowest BCUT2D eigenvalue weighted by molar-refractivity contribution is -0.168. The maximum atomic E-state index is 11.5. The molecule has 0 amide bonds. The largest absolute Gasteiger partial charge is 0.463 e. The molecule has 0 aliphatic carbocycles. The molecule has 3 rings (SSSR count). The Hall–Kier alpha value is -2.67. The quantitative estimate of drug-likeness (QED) is 0.797. The van der Waals surface area contributed by atoms with Gasteiger partial charge in [-0.25, -0.2) is 4.68 Å². The molecule has 0 saturated carbocycles. The third-order valence-electron chi connectivity index (χ3n) is 3.65. The fourth-order valence-corrected chi connectivity index (χ4v) is 2.59. The second-order valence-electron chi connectivity index (χ2n) is 5.50. The maximum absolute atomic E-state index is 11.5. The van der Waals surface area contributed by atoms with E-state index in [2.05, 4.69) is 5.10 Å². The summed E-state index contributed by atoms with van der Waals surface area (Å²) >= 11 is 0. The Morgan fingerprint density at radius 3 is 2.67 bits per heavy atom. The Morgan fingerprint density at radius 1 is 1.25 bits per heavy atom. The number of nitrogens with zero attached hydrogens (tertiary/aromatic N) is 2. The molecule has 1 aliphatic heterocycles. The number of hydrogen-bond acceptors (Lipinski definition) is 6. The first-order valence-electron chi connectivity index (χ1n) is 7.60. The Labute approximate surface area is 139 Å². The summed E-state index contributed by atoms with van der Waals surface area (Å²) in [6.45, 7) is 2.96. The Morgan fingerprint density at radius 2 is 2.00 bits per heavy atom. The number of rotatable bonds is 4. The zero-order valence-corrected chi connectivity index (χ0v) is 13.5. The lowest BCUT2D eigenvalue weighted by Gasteiger charge is -2.29. The predicted molar refractivity (Wildman–Crippen MR) is 83.3 cm³/mol. The van der Waals surface area contributed by atoms with Crippen LogP contribution in [0.15, 0.2) is 36.5 Å². The monoisotopic (exact) mass is 330 g/mol. The second kappa shape index (κ2) is 6.84. The van der Waals surface area contributed by atoms with Crippen LogP contribution in [0.4, 0.5) is 0 Å². The van der Waals surface area contributed by atoms with Crippen molar-refractivity contribution < 1.29 is 23.8 Å². The van der Waals surface area contributed by atoms with Crippen LogP contribution in [-0.4, -0.2) is 34.4 Å². The van der Waals surface area contributed by atoms with Crippen LogP contribution in [0.2, 0.25) is 0 Å². The van der Waals surface area contributed by atoms with Crippen LogP contribution >= 0.6 is 0 Å². The highest BCUT2D eigenvalue weighted by atomic mass is 16.6. The predicted octanol–water partition coefficient (Wildman–Crippen LogP) is 1.94. The molecule has 0 radical (unpaired) electrons. The molecule has 0 spiro atoms. The fourth-order valence-electron chi connectivity index (χ4n) is 2.59. The molecule has 126 valence electrons. The van der Waals surface area contributed by atoms with Crippen LogP contribution in [0.3, 0.4) is 0 Å². The first-order chi connectivity index (χ1) is 11.5.